The summed E-state index contributed by atoms with van der Waals surface area (Å²) >= 11 is 4.08. The molecule has 3 heteroatoms. The molecule has 0 amide bonds. The van der Waals surface area contributed by atoms with Crippen LogP contribution in [0, 0.1) is 0 Å². The maximum absolute atomic E-state index is 4.99. The number of nitrogens with zero attached hydrogens (tertiary/aromatic N) is 1. The Balaban J connectivity index is 2.19. The molecule has 2 rings (SSSR count). The minimum atomic E-state index is 0.653. The fraction of sp³-hybridized carbons (Fsp3) is 0.571. The SMILES string of the molecule is SCc1cc(C2CC2)no1. The van der Waals surface area contributed by atoms with Crippen LogP contribution in [0.2, 0.25) is 0 Å². The number of thiol groups is 1. The molecule has 0 spiro atoms. The van der Waals surface area contributed by atoms with E-state index in [0.29, 0.717) is 11.7 Å². The van der Waals surface area contributed by atoms with E-state index >= 15 is 0 Å². The van der Waals surface area contributed by atoms with Gasteiger partial charge in [-0.15, -0.1) is 0 Å². The molecular formula is C7H9NOS. The van der Waals surface area contributed by atoms with E-state index in [4.69, 9.17) is 4.52 Å². The fourth-order valence-electron chi connectivity index (χ4n) is 0.975. The summed E-state index contributed by atoms with van der Waals surface area (Å²) in [5.74, 6) is 2.22. The van der Waals surface area contributed by atoms with Gasteiger partial charge in [-0.25, -0.2) is 0 Å². The van der Waals surface area contributed by atoms with Crippen molar-refractivity contribution in [2.45, 2.75) is 24.5 Å². The number of hydrogen-bond acceptors (Lipinski definition) is 3. The molecule has 1 aliphatic carbocycles. The third kappa shape index (κ3) is 1.06. The van der Waals surface area contributed by atoms with Crippen LogP contribution in [0.25, 0.3) is 0 Å². The minimum Gasteiger partial charge on any atom is -0.360 e. The summed E-state index contributed by atoms with van der Waals surface area (Å²) in [6, 6.07) is 2.00. The van der Waals surface area contributed by atoms with E-state index in [2.05, 4.69) is 17.8 Å². The maximum atomic E-state index is 4.99. The molecule has 0 radical (unpaired) electrons. The molecule has 0 unspecified atom stereocenters. The van der Waals surface area contributed by atoms with Crippen molar-refractivity contribution in [1.29, 1.82) is 0 Å². The molecular weight excluding hydrogens is 146 g/mol. The van der Waals surface area contributed by atoms with E-state index in [-0.39, 0.29) is 0 Å². The van der Waals surface area contributed by atoms with Crippen molar-refractivity contribution in [3.63, 3.8) is 0 Å². The second kappa shape index (κ2) is 2.31. The highest BCUT2D eigenvalue weighted by molar-refractivity contribution is 7.79. The third-order valence-corrected chi connectivity index (χ3v) is 2.04. The smallest absolute Gasteiger partial charge is 0.146 e. The monoisotopic (exact) mass is 155 g/mol. The Kier molecular flexibility index (Phi) is 1.45. The summed E-state index contributed by atoms with van der Waals surface area (Å²) in [6.07, 6.45) is 2.55. The zero-order chi connectivity index (χ0) is 6.97. The molecule has 0 aliphatic heterocycles. The average Bonchev–Trinajstić information content (AvgIpc) is 2.70. The summed E-state index contributed by atoms with van der Waals surface area (Å²) in [6.45, 7) is 0. The number of aromatic nitrogens is 1. The predicted molar refractivity (Wildman–Crippen MR) is 41.2 cm³/mol. The lowest BCUT2D eigenvalue weighted by atomic mass is 10.3. The molecule has 1 fully saturated rings. The zero-order valence-corrected chi connectivity index (χ0v) is 6.47. The Morgan fingerprint density at radius 3 is 3.00 bits per heavy atom. The van der Waals surface area contributed by atoms with Gasteiger partial charge < -0.3 is 4.52 Å². The van der Waals surface area contributed by atoms with Gasteiger partial charge in [0.15, 0.2) is 0 Å². The van der Waals surface area contributed by atoms with Gasteiger partial charge in [-0.3, -0.25) is 0 Å². The highest BCUT2D eigenvalue weighted by Crippen LogP contribution is 2.39. The first kappa shape index (κ1) is 6.28. The lowest BCUT2D eigenvalue weighted by Crippen LogP contribution is -1.73. The average molecular weight is 155 g/mol. The molecule has 1 aromatic rings. The molecule has 0 aromatic carbocycles. The maximum Gasteiger partial charge on any atom is 0.146 e. The molecule has 0 bridgehead atoms. The standard InChI is InChI=1S/C7H9NOS/c10-4-6-3-7(8-9-6)5-1-2-5/h3,5,10H,1-2,4H2. The van der Waals surface area contributed by atoms with Gasteiger partial charge in [-0.1, -0.05) is 5.16 Å². The molecule has 0 N–H and O–H groups in total. The quantitative estimate of drug-likeness (QED) is 0.661. The summed E-state index contributed by atoms with van der Waals surface area (Å²) in [5, 5.41) is 3.93. The van der Waals surface area contributed by atoms with E-state index in [1.165, 1.54) is 12.8 Å². The second-order valence-corrected chi connectivity index (χ2v) is 2.97. The van der Waals surface area contributed by atoms with Crippen LogP contribution < -0.4 is 0 Å². The van der Waals surface area contributed by atoms with Gasteiger partial charge in [-0.05, 0) is 12.8 Å². The van der Waals surface area contributed by atoms with Gasteiger partial charge in [0.2, 0.25) is 0 Å². The van der Waals surface area contributed by atoms with Crippen LogP contribution >= 0.6 is 12.6 Å². The molecule has 54 valence electrons. The van der Waals surface area contributed by atoms with E-state index in [1.54, 1.807) is 0 Å². The molecule has 10 heavy (non-hydrogen) atoms. The first-order valence-corrected chi connectivity index (χ1v) is 4.10. The highest BCUT2D eigenvalue weighted by Gasteiger charge is 2.26. The summed E-state index contributed by atoms with van der Waals surface area (Å²) in [4.78, 5) is 0. The molecule has 0 saturated heterocycles. The number of rotatable bonds is 2. The first-order chi connectivity index (χ1) is 4.90. The van der Waals surface area contributed by atoms with Gasteiger partial charge in [0.05, 0.1) is 11.4 Å². The third-order valence-electron chi connectivity index (χ3n) is 1.73. The molecule has 1 aliphatic rings. The lowest BCUT2D eigenvalue weighted by molar-refractivity contribution is 0.388. The van der Waals surface area contributed by atoms with Gasteiger partial charge in [0.25, 0.3) is 0 Å². The Bertz CT molecular complexity index is 229. The van der Waals surface area contributed by atoms with Crippen molar-refractivity contribution < 1.29 is 4.52 Å². The summed E-state index contributed by atoms with van der Waals surface area (Å²) in [5.41, 5.74) is 1.11. The van der Waals surface area contributed by atoms with Crippen LogP contribution in [-0.4, -0.2) is 5.16 Å². The largest absolute Gasteiger partial charge is 0.360 e. The number of hydrogen-bond donors (Lipinski definition) is 1. The summed E-state index contributed by atoms with van der Waals surface area (Å²) < 4.78 is 4.99. The van der Waals surface area contributed by atoms with Crippen molar-refractivity contribution in [1.82, 2.24) is 5.16 Å². The summed E-state index contributed by atoms with van der Waals surface area (Å²) in [7, 11) is 0. The predicted octanol–water partition coefficient (Wildman–Crippen LogP) is 1.98. The highest BCUT2D eigenvalue weighted by atomic mass is 32.1. The minimum absolute atomic E-state index is 0.653. The van der Waals surface area contributed by atoms with Gasteiger partial charge in [0, 0.05) is 12.0 Å². The van der Waals surface area contributed by atoms with E-state index < -0.39 is 0 Å². The Hall–Kier alpha value is -0.440. The normalized spacial score (nSPS) is 17.7. The topological polar surface area (TPSA) is 26.0 Å². The molecule has 1 saturated carbocycles. The zero-order valence-electron chi connectivity index (χ0n) is 5.58. The van der Waals surface area contributed by atoms with Crippen molar-refractivity contribution in [3.8, 4) is 0 Å². The van der Waals surface area contributed by atoms with Crippen LogP contribution in [0.1, 0.15) is 30.2 Å². The van der Waals surface area contributed by atoms with Crippen LogP contribution in [0.3, 0.4) is 0 Å². The second-order valence-electron chi connectivity index (χ2n) is 2.65. The van der Waals surface area contributed by atoms with Gasteiger partial charge in [0.1, 0.15) is 5.76 Å². The van der Waals surface area contributed by atoms with Crippen molar-refractivity contribution in [2.75, 3.05) is 0 Å². The van der Waals surface area contributed by atoms with E-state index in [9.17, 15) is 0 Å². The van der Waals surface area contributed by atoms with Crippen molar-refractivity contribution in [2.24, 2.45) is 0 Å². The molecule has 1 heterocycles. The van der Waals surface area contributed by atoms with E-state index in [1.807, 2.05) is 6.07 Å². The van der Waals surface area contributed by atoms with Gasteiger partial charge in [-0.2, -0.15) is 12.6 Å². The Labute approximate surface area is 65.0 Å². The first-order valence-electron chi connectivity index (χ1n) is 3.46. The van der Waals surface area contributed by atoms with E-state index in [0.717, 1.165) is 11.5 Å². The molecule has 1 aromatic heterocycles. The Morgan fingerprint density at radius 2 is 2.50 bits per heavy atom. The van der Waals surface area contributed by atoms with Crippen molar-refractivity contribution >= 4 is 12.6 Å². The van der Waals surface area contributed by atoms with Crippen LogP contribution in [0.4, 0.5) is 0 Å². The van der Waals surface area contributed by atoms with Crippen LogP contribution in [0.15, 0.2) is 10.6 Å². The Morgan fingerprint density at radius 1 is 1.70 bits per heavy atom. The van der Waals surface area contributed by atoms with Gasteiger partial charge >= 0.3 is 0 Å². The molecule has 0 atom stereocenters. The molecule has 2 nitrogen and oxygen atoms in total. The lowest BCUT2D eigenvalue weighted by Gasteiger charge is -1.79. The van der Waals surface area contributed by atoms with Crippen molar-refractivity contribution in [3.05, 3.63) is 17.5 Å². The van der Waals surface area contributed by atoms with Crippen LogP contribution in [0.5, 0.6) is 0 Å². The van der Waals surface area contributed by atoms with Crippen LogP contribution in [-0.2, 0) is 5.75 Å². The fourth-order valence-corrected chi connectivity index (χ4v) is 1.12.